The fraction of sp³-hybridized carbons (Fsp3) is 0.905. The predicted octanol–water partition coefficient (Wildman–Crippen LogP) is 2.89. The maximum Gasteiger partial charge on any atom is 0.164 e. The van der Waals surface area contributed by atoms with E-state index in [1.54, 1.807) is 6.92 Å². The molecule has 4 rings (SSSR count). The van der Waals surface area contributed by atoms with Crippen molar-refractivity contribution in [3.05, 3.63) is 0 Å². The summed E-state index contributed by atoms with van der Waals surface area (Å²) < 4.78 is 0. The van der Waals surface area contributed by atoms with Crippen LogP contribution in [0.4, 0.5) is 0 Å². The van der Waals surface area contributed by atoms with Gasteiger partial charge in [0, 0.05) is 24.2 Å². The number of Topliss-reactive ketones (excluding diaryl/α,β-unsaturated/α-hetero) is 2. The minimum absolute atomic E-state index is 0.0200. The van der Waals surface area contributed by atoms with Crippen LogP contribution >= 0.6 is 0 Å². The van der Waals surface area contributed by atoms with Gasteiger partial charge in [0.1, 0.15) is 11.4 Å². The fourth-order valence-corrected chi connectivity index (χ4v) is 7.33. The Bertz CT molecular complexity index is 611. The predicted molar refractivity (Wildman–Crippen MR) is 93.8 cm³/mol. The zero-order valence-electron chi connectivity index (χ0n) is 15.8. The molecule has 2 N–H and O–H groups in total. The molecule has 0 heterocycles. The summed E-state index contributed by atoms with van der Waals surface area (Å²) in [5.74, 6) is 1.15. The van der Waals surface area contributed by atoms with Crippen molar-refractivity contribution < 1.29 is 19.8 Å². The Morgan fingerprint density at radius 3 is 2.48 bits per heavy atom. The molecule has 4 heteroatoms. The molecule has 8 atom stereocenters. The molecule has 25 heavy (non-hydrogen) atoms. The molecule has 0 aromatic heterocycles. The molecule has 0 radical (unpaired) electrons. The maximum atomic E-state index is 13.3. The van der Waals surface area contributed by atoms with Gasteiger partial charge in [-0.25, -0.2) is 0 Å². The number of carbonyl (C=O) groups excluding carboxylic acids is 2. The number of rotatable bonds is 0. The van der Waals surface area contributed by atoms with Gasteiger partial charge in [-0.1, -0.05) is 13.8 Å². The Kier molecular flexibility index (Phi) is 3.81. The summed E-state index contributed by atoms with van der Waals surface area (Å²) in [5.41, 5.74) is -2.04. The lowest BCUT2D eigenvalue weighted by molar-refractivity contribution is -0.199. The van der Waals surface area contributed by atoms with Crippen molar-refractivity contribution in [3.8, 4) is 0 Å². The van der Waals surface area contributed by atoms with E-state index in [9.17, 15) is 19.8 Å². The zero-order valence-corrected chi connectivity index (χ0v) is 15.8. The van der Waals surface area contributed by atoms with Crippen molar-refractivity contribution >= 4 is 11.6 Å². The van der Waals surface area contributed by atoms with E-state index in [1.807, 2.05) is 6.92 Å². The first kappa shape index (κ1) is 17.7. The quantitative estimate of drug-likeness (QED) is 0.706. The van der Waals surface area contributed by atoms with Crippen molar-refractivity contribution in [3.63, 3.8) is 0 Å². The van der Waals surface area contributed by atoms with Gasteiger partial charge < -0.3 is 10.2 Å². The van der Waals surface area contributed by atoms with E-state index in [1.165, 1.54) is 0 Å². The van der Waals surface area contributed by atoms with Gasteiger partial charge >= 0.3 is 0 Å². The van der Waals surface area contributed by atoms with Crippen LogP contribution in [-0.2, 0) is 9.59 Å². The van der Waals surface area contributed by atoms with Gasteiger partial charge in [0.2, 0.25) is 0 Å². The molecule has 0 bridgehead atoms. The summed E-state index contributed by atoms with van der Waals surface area (Å²) in [6, 6.07) is 0. The lowest BCUT2D eigenvalue weighted by atomic mass is 9.40. The Labute approximate surface area is 150 Å². The summed E-state index contributed by atoms with van der Waals surface area (Å²) in [6.07, 6.45) is 5.94. The third kappa shape index (κ3) is 2.19. The highest BCUT2D eigenvalue weighted by molar-refractivity contribution is 5.92. The van der Waals surface area contributed by atoms with Crippen LogP contribution in [-0.4, -0.2) is 33.5 Å². The first-order valence-corrected chi connectivity index (χ1v) is 10.1. The molecule has 140 valence electrons. The van der Waals surface area contributed by atoms with E-state index in [4.69, 9.17) is 0 Å². The zero-order chi connectivity index (χ0) is 18.2. The van der Waals surface area contributed by atoms with Crippen molar-refractivity contribution in [2.45, 2.75) is 83.8 Å². The minimum Gasteiger partial charge on any atom is -0.393 e. The first-order chi connectivity index (χ1) is 11.6. The third-order valence-corrected chi connectivity index (χ3v) is 9.05. The van der Waals surface area contributed by atoms with Crippen LogP contribution in [0, 0.1) is 34.5 Å². The number of hydrogen-bond donors (Lipinski definition) is 2. The Balaban J connectivity index is 1.72. The molecule has 0 unspecified atom stereocenters. The number of carbonyl (C=O) groups is 2. The van der Waals surface area contributed by atoms with Crippen molar-refractivity contribution in [2.75, 3.05) is 0 Å². The van der Waals surface area contributed by atoms with E-state index >= 15 is 0 Å². The highest BCUT2D eigenvalue weighted by Crippen LogP contribution is 2.65. The molecule has 0 amide bonds. The van der Waals surface area contributed by atoms with E-state index in [0.717, 1.165) is 38.5 Å². The molecular weight excluding hydrogens is 316 g/mol. The van der Waals surface area contributed by atoms with Crippen LogP contribution in [0.3, 0.4) is 0 Å². The van der Waals surface area contributed by atoms with E-state index in [0.29, 0.717) is 18.8 Å². The van der Waals surface area contributed by atoms with Crippen LogP contribution in [0.1, 0.15) is 72.1 Å². The van der Waals surface area contributed by atoms with Crippen molar-refractivity contribution in [2.24, 2.45) is 34.5 Å². The lowest BCUT2D eigenvalue weighted by Gasteiger charge is -2.63. The van der Waals surface area contributed by atoms with Gasteiger partial charge in [-0.3, -0.25) is 9.59 Å². The molecule has 4 aliphatic carbocycles. The number of aliphatic hydroxyl groups excluding tert-OH is 1. The average Bonchev–Trinajstić information content (AvgIpc) is 2.52. The minimum atomic E-state index is -1.39. The molecule has 0 aromatic rings. The van der Waals surface area contributed by atoms with Gasteiger partial charge in [0.15, 0.2) is 5.78 Å². The number of aliphatic hydroxyl groups is 2. The topological polar surface area (TPSA) is 74.6 Å². The second kappa shape index (κ2) is 5.39. The SMILES string of the molecule is C[C@]12CC[C@@H](O)C[C@@H]1CC[C@H]1[C@H]3CCC(=O)[C@@](C)(O)[C@]3(C)CC(=O)[C@@H]12. The summed E-state index contributed by atoms with van der Waals surface area (Å²) in [7, 11) is 0. The first-order valence-electron chi connectivity index (χ1n) is 10.1. The van der Waals surface area contributed by atoms with Gasteiger partial charge in [0.25, 0.3) is 0 Å². The average molecular weight is 348 g/mol. The van der Waals surface area contributed by atoms with Gasteiger partial charge in [-0.05, 0) is 68.6 Å². The molecule has 0 aliphatic heterocycles. The van der Waals surface area contributed by atoms with E-state index in [-0.39, 0.29) is 40.8 Å². The Morgan fingerprint density at radius 2 is 1.76 bits per heavy atom. The van der Waals surface area contributed by atoms with Crippen LogP contribution < -0.4 is 0 Å². The largest absolute Gasteiger partial charge is 0.393 e. The van der Waals surface area contributed by atoms with Crippen molar-refractivity contribution in [1.82, 2.24) is 0 Å². The smallest absolute Gasteiger partial charge is 0.164 e. The summed E-state index contributed by atoms with van der Waals surface area (Å²) in [4.78, 5) is 25.7. The standard InChI is InChI=1S/C21H32O4/c1-19-9-8-13(22)10-12(19)4-5-14-15-6-7-17(24)21(3,25)20(15,2)11-16(23)18(14)19/h12-15,18,22,25H,4-11H2,1-3H3/t12-,13+,14-,15+,18+,19-,20+,21+/m0/s1. The van der Waals surface area contributed by atoms with Crippen LogP contribution in [0.2, 0.25) is 0 Å². The Hall–Kier alpha value is -0.740. The number of ketones is 2. The molecular formula is C21H32O4. The monoisotopic (exact) mass is 348 g/mol. The molecule has 4 fully saturated rings. The van der Waals surface area contributed by atoms with Gasteiger partial charge in [-0.2, -0.15) is 0 Å². The van der Waals surface area contributed by atoms with E-state index < -0.39 is 11.0 Å². The number of fused-ring (bicyclic) bond motifs is 5. The van der Waals surface area contributed by atoms with Gasteiger partial charge in [0.05, 0.1) is 6.10 Å². The third-order valence-electron chi connectivity index (χ3n) is 9.05. The second-order valence-electron chi connectivity index (χ2n) is 10.1. The summed E-state index contributed by atoms with van der Waals surface area (Å²) in [5, 5.41) is 21.1. The normalized spacial score (nSPS) is 56.0. The molecule has 0 aromatic carbocycles. The molecule has 4 saturated carbocycles. The molecule has 0 spiro atoms. The molecule has 4 nitrogen and oxygen atoms in total. The fourth-order valence-electron chi connectivity index (χ4n) is 7.33. The number of hydrogen-bond acceptors (Lipinski definition) is 4. The summed E-state index contributed by atoms with van der Waals surface area (Å²) in [6.45, 7) is 5.88. The maximum absolute atomic E-state index is 13.3. The molecule has 4 aliphatic rings. The summed E-state index contributed by atoms with van der Waals surface area (Å²) >= 11 is 0. The Morgan fingerprint density at radius 1 is 1.04 bits per heavy atom. The van der Waals surface area contributed by atoms with Gasteiger partial charge in [-0.15, -0.1) is 0 Å². The van der Waals surface area contributed by atoms with Crippen LogP contribution in [0.25, 0.3) is 0 Å². The second-order valence-corrected chi connectivity index (χ2v) is 10.1. The molecule has 0 saturated heterocycles. The van der Waals surface area contributed by atoms with E-state index in [2.05, 4.69) is 6.92 Å². The van der Waals surface area contributed by atoms with Crippen LogP contribution in [0.15, 0.2) is 0 Å². The van der Waals surface area contributed by atoms with Crippen molar-refractivity contribution in [1.29, 1.82) is 0 Å². The highest BCUT2D eigenvalue weighted by atomic mass is 16.3. The highest BCUT2D eigenvalue weighted by Gasteiger charge is 2.66. The van der Waals surface area contributed by atoms with Crippen LogP contribution in [0.5, 0.6) is 0 Å². The lowest BCUT2D eigenvalue weighted by Crippen LogP contribution is -2.66.